The molecule has 0 aliphatic heterocycles. The van der Waals surface area contributed by atoms with Gasteiger partial charge in [0.1, 0.15) is 0 Å². The van der Waals surface area contributed by atoms with Crippen LogP contribution in [0.1, 0.15) is 37.9 Å². The van der Waals surface area contributed by atoms with Gasteiger partial charge in [-0.3, -0.25) is 0 Å². The lowest BCUT2D eigenvalue weighted by Crippen LogP contribution is -2.11. The fourth-order valence-electron chi connectivity index (χ4n) is 1.57. The maximum absolute atomic E-state index is 9.52. The Kier molecular flexibility index (Phi) is 5.90. The van der Waals surface area contributed by atoms with Crippen molar-refractivity contribution in [3.05, 3.63) is 29.8 Å². The Morgan fingerprint density at radius 2 is 1.94 bits per heavy atom. The molecule has 4 N–H and O–H groups in total. The summed E-state index contributed by atoms with van der Waals surface area (Å²) in [5.74, 6) is 0. The molecule has 0 saturated carbocycles. The predicted molar refractivity (Wildman–Crippen MR) is 68.5 cm³/mol. The van der Waals surface area contributed by atoms with E-state index >= 15 is 0 Å². The van der Waals surface area contributed by atoms with Gasteiger partial charge in [-0.15, -0.1) is 0 Å². The first-order valence-corrected chi connectivity index (χ1v) is 6.00. The number of rotatable bonds is 7. The van der Waals surface area contributed by atoms with Crippen LogP contribution >= 0.6 is 0 Å². The Morgan fingerprint density at radius 1 is 1.25 bits per heavy atom. The second kappa shape index (κ2) is 7.25. The van der Waals surface area contributed by atoms with E-state index in [2.05, 4.69) is 12.2 Å². The van der Waals surface area contributed by atoms with E-state index in [9.17, 15) is 5.11 Å². The van der Waals surface area contributed by atoms with Crippen molar-refractivity contribution in [1.29, 1.82) is 0 Å². The van der Waals surface area contributed by atoms with E-state index in [1.54, 1.807) is 0 Å². The Morgan fingerprint density at radius 3 is 2.50 bits per heavy atom. The van der Waals surface area contributed by atoms with Gasteiger partial charge in [0, 0.05) is 18.8 Å². The number of benzene rings is 1. The second-order valence-corrected chi connectivity index (χ2v) is 4.01. The van der Waals surface area contributed by atoms with Crippen LogP contribution in [0.25, 0.3) is 0 Å². The molecule has 16 heavy (non-hydrogen) atoms. The van der Waals surface area contributed by atoms with E-state index < -0.39 is 6.10 Å². The van der Waals surface area contributed by atoms with E-state index in [4.69, 9.17) is 5.73 Å². The zero-order valence-corrected chi connectivity index (χ0v) is 9.95. The van der Waals surface area contributed by atoms with Gasteiger partial charge in [-0.2, -0.15) is 0 Å². The fraction of sp³-hybridized carbons (Fsp3) is 0.538. The molecule has 0 bridgehead atoms. The molecule has 90 valence electrons. The largest absolute Gasteiger partial charge is 0.387 e. The molecule has 3 heteroatoms. The Bertz CT molecular complexity index is 284. The lowest BCUT2D eigenvalue weighted by atomic mass is 10.1. The lowest BCUT2D eigenvalue weighted by molar-refractivity contribution is 0.187. The topological polar surface area (TPSA) is 58.3 Å². The molecule has 1 aromatic rings. The Hall–Kier alpha value is -1.06. The van der Waals surface area contributed by atoms with Crippen molar-refractivity contribution < 1.29 is 5.11 Å². The third kappa shape index (κ3) is 4.21. The maximum atomic E-state index is 9.52. The number of nitrogens with one attached hydrogen (secondary N) is 1. The second-order valence-electron chi connectivity index (χ2n) is 4.01. The van der Waals surface area contributed by atoms with Gasteiger partial charge in [0.15, 0.2) is 0 Å². The van der Waals surface area contributed by atoms with Crippen molar-refractivity contribution in [2.75, 3.05) is 18.4 Å². The third-order valence-corrected chi connectivity index (χ3v) is 2.63. The summed E-state index contributed by atoms with van der Waals surface area (Å²) < 4.78 is 0. The van der Waals surface area contributed by atoms with Crippen LogP contribution in [0, 0.1) is 0 Å². The van der Waals surface area contributed by atoms with Gasteiger partial charge in [0.2, 0.25) is 0 Å². The van der Waals surface area contributed by atoms with Crippen molar-refractivity contribution >= 4 is 5.69 Å². The first kappa shape index (κ1) is 13.0. The average Bonchev–Trinajstić information content (AvgIpc) is 2.34. The SMILES string of the molecule is CCCCCNc1ccc(C(O)CN)cc1. The van der Waals surface area contributed by atoms with Crippen LogP contribution in [-0.2, 0) is 0 Å². The van der Waals surface area contributed by atoms with Gasteiger partial charge in [-0.05, 0) is 24.1 Å². The maximum Gasteiger partial charge on any atom is 0.0912 e. The van der Waals surface area contributed by atoms with Crippen molar-refractivity contribution in [3.63, 3.8) is 0 Å². The van der Waals surface area contributed by atoms with Gasteiger partial charge >= 0.3 is 0 Å². The molecule has 0 aliphatic rings. The smallest absolute Gasteiger partial charge is 0.0912 e. The van der Waals surface area contributed by atoms with E-state index in [-0.39, 0.29) is 6.54 Å². The quantitative estimate of drug-likeness (QED) is 0.620. The van der Waals surface area contributed by atoms with Crippen LogP contribution in [0.4, 0.5) is 5.69 Å². The van der Waals surface area contributed by atoms with Gasteiger partial charge < -0.3 is 16.2 Å². The minimum absolute atomic E-state index is 0.267. The summed E-state index contributed by atoms with van der Waals surface area (Å²) in [4.78, 5) is 0. The molecule has 0 aromatic heterocycles. The Balaban J connectivity index is 2.39. The standard InChI is InChI=1S/C13H22N2O/c1-2-3-4-9-15-12-7-5-11(6-8-12)13(16)10-14/h5-8,13,15-16H,2-4,9-10,14H2,1H3. The lowest BCUT2D eigenvalue weighted by Gasteiger charge is -2.10. The highest BCUT2D eigenvalue weighted by Gasteiger charge is 2.03. The monoisotopic (exact) mass is 222 g/mol. The zero-order valence-electron chi connectivity index (χ0n) is 9.95. The molecule has 0 fully saturated rings. The molecule has 1 aromatic carbocycles. The number of unbranched alkanes of at least 4 members (excludes halogenated alkanes) is 2. The van der Waals surface area contributed by atoms with Crippen LogP contribution in [-0.4, -0.2) is 18.2 Å². The molecule has 3 nitrogen and oxygen atoms in total. The van der Waals surface area contributed by atoms with Crippen LogP contribution in [0.15, 0.2) is 24.3 Å². The van der Waals surface area contributed by atoms with E-state index in [1.807, 2.05) is 24.3 Å². The summed E-state index contributed by atoms with van der Waals surface area (Å²) in [6.07, 6.45) is 3.15. The summed E-state index contributed by atoms with van der Waals surface area (Å²) in [6, 6.07) is 7.81. The molecule has 0 saturated heterocycles. The molecule has 0 spiro atoms. The number of aliphatic hydroxyl groups is 1. The van der Waals surface area contributed by atoms with Gasteiger partial charge in [0.25, 0.3) is 0 Å². The zero-order chi connectivity index (χ0) is 11.8. The number of anilines is 1. The average molecular weight is 222 g/mol. The third-order valence-electron chi connectivity index (χ3n) is 2.63. The van der Waals surface area contributed by atoms with Crippen molar-refractivity contribution in [3.8, 4) is 0 Å². The van der Waals surface area contributed by atoms with Crippen LogP contribution in [0.5, 0.6) is 0 Å². The first-order valence-electron chi connectivity index (χ1n) is 6.00. The fourth-order valence-corrected chi connectivity index (χ4v) is 1.57. The summed E-state index contributed by atoms with van der Waals surface area (Å²) in [7, 11) is 0. The minimum atomic E-state index is -0.547. The molecule has 1 atom stereocenters. The highest BCUT2D eigenvalue weighted by atomic mass is 16.3. The van der Waals surface area contributed by atoms with Gasteiger partial charge in [0.05, 0.1) is 6.10 Å². The molecule has 0 aliphatic carbocycles. The normalized spacial score (nSPS) is 12.4. The van der Waals surface area contributed by atoms with Gasteiger partial charge in [-0.1, -0.05) is 31.9 Å². The molecule has 0 amide bonds. The molecule has 0 heterocycles. The summed E-state index contributed by atoms with van der Waals surface area (Å²) in [6.45, 7) is 3.47. The number of aliphatic hydroxyl groups excluding tert-OH is 1. The van der Waals surface area contributed by atoms with E-state index in [0.717, 1.165) is 17.8 Å². The van der Waals surface area contributed by atoms with Crippen LogP contribution in [0.3, 0.4) is 0 Å². The first-order chi connectivity index (χ1) is 7.77. The summed E-state index contributed by atoms with van der Waals surface area (Å²) >= 11 is 0. The molecule has 1 unspecified atom stereocenters. The Labute approximate surface area is 97.7 Å². The van der Waals surface area contributed by atoms with Crippen LogP contribution in [0.2, 0.25) is 0 Å². The van der Waals surface area contributed by atoms with Crippen molar-refractivity contribution in [1.82, 2.24) is 0 Å². The van der Waals surface area contributed by atoms with Gasteiger partial charge in [-0.25, -0.2) is 0 Å². The molecule has 0 radical (unpaired) electrons. The number of hydrogen-bond donors (Lipinski definition) is 3. The number of nitrogens with two attached hydrogens (primary N) is 1. The number of hydrogen-bond acceptors (Lipinski definition) is 3. The summed E-state index contributed by atoms with van der Waals surface area (Å²) in [5.41, 5.74) is 7.37. The molecular weight excluding hydrogens is 200 g/mol. The summed E-state index contributed by atoms with van der Waals surface area (Å²) in [5, 5.41) is 12.9. The van der Waals surface area contributed by atoms with E-state index in [0.29, 0.717) is 0 Å². The van der Waals surface area contributed by atoms with E-state index in [1.165, 1.54) is 19.3 Å². The predicted octanol–water partition coefficient (Wildman–Crippen LogP) is 2.28. The highest BCUT2D eigenvalue weighted by Crippen LogP contribution is 2.15. The van der Waals surface area contributed by atoms with Crippen molar-refractivity contribution in [2.24, 2.45) is 5.73 Å². The molecular formula is C13H22N2O. The molecule has 1 rings (SSSR count). The van der Waals surface area contributed by atoms with Crippen molar-refractivity contribution in [2.45, 2.75) is 32.3 Å². The van der Waals surface area contributed by atoms with Crippen LogP contribution < -0.4 is 11.1 Å². The highest BCUT2D eigenvalue weighted by molar-refractivity contribution is 5.44. The minimum Gasteiger partial charge on any atom is -0.387 e.